The van der Waals surface area contributed by atoms with Gasteiger partial charge in [-0.3, -0.25) is 5.32 Å². The molecule has 1 N–H and O–H groups in total. The van der Waals surface area contributed by atoms with Crippen molar-refractivity contribution in [2.75, 3.05) is 0 Å². The van der Waals surface area contributed by atoms with Crippen molar-refractivity contribution in [2.24, 2.45) is 0 Å². The van der Waals surface area contributed by atoms with E-state index in [0.29, 0.717) is 12.4 Å². The predicted molar refractivity (Wildman–Crippen MR) is 77.4 cm³/mol. The maximum absolute atomic E-state index is 5.83. The molecule has 1 atom stereocenters. The molecule has 2 aromatic heterocycles. The molecule has 1 unspecified atom stereocenters. The van der Waals surface area contributed by atoms with E-state index >= 15 is 0 Å². The predicted octanol–water partition coefficient (Wildman–Crippen LogP) is 3.89. The summed E-state index contributed by atoms with van der Waals surface area (Å²) in [7, 11) is 0. The fourth-order valence-electron chi connectivity index (χ4n) is 2.17. The second-order valence-corrected chi connectivity index (χ2v) is 5.04. The first-order chi connectivity index (χ1) is 9.63. The monoisotopic (exact) mass is 270 g/mol. The van der Waals surface area contributed by atoms with Crippen LogP contribution in [0.1, 0.15) is 36.1 Å². The number of nitrogens with one attached hydrogen (secondary N) is 1. The van der Waals surface area contributed by atoms with Crippen LogP contribution < -0.4 is 5.32 Å². The van der Waals surface area contributed by atoms with E-state index in [1.54, 1.807) is 0 Å². The van der Waals surface area contributed by atoms with Gasteiger partial charge in [0.2, 0.25) is 5.89 Å². The smallest absolute Gasteiger partial charge is 0.208 e. The van der Waals surface area contributed by atoms with E-state index < -0.39 is 0 Å². The Bertz CT molecular complexity index is 674. The van der Waals surface area contributed by atoms with Crippen LogP contribution in [0.3, 0.4) is 0 Å². The van der Waals surface area contributed by atoms with Crippen LogP contribution in [-0.2, 0) is 6.54 Å². The maximum atomic E-state index is 5.83. The Morgan fingerprint density at radius 2 is 2.00 bits per heavy atom. The molecule has 20 heavy (non-hydrogen) atoms. The first-order valence-corrected chi connectivity index (χ1v) is 6.78. The lowest BCUT2D eigenvalue weighted by Gasteiger charge is -2.08. The number of fused-ring (bicyclic) bond motifs is 1. The molecule has 0 aliphatic carbocycles. The molecule has 3 aromatic rings. The summed E-state index contributed by atoms with van der Waals surface area (Å²) in [6, 6.07) is 10.2. The molecule has 0 saturated carbocycles. The summed E-state index contributed by atoms with van der Waals surface area (Å²) in [5.74, 6) is 2.51. The van der Waals surface area contributed by atoms with Crippen molar-refractivity contribution < 1.29 is 8.83 Å². The third kappa shape index (κ3) is 2.47. The summed E-state index contributed by atoms with van der Waals surface area (Å²) in [5.41, 5.74) is 1.86. The molecule has 4 nitrogen and oxygen atoms in total. The minimum absolute atomic E-state index is 0.106. The number of hydrogen-bond acceptors (Lipinski definition) is 4. The lowest BCUT2D eigenvalue weighted by Crippen LogP contribution is -2.17. The quantitative estimate of drug-likeness (QED) is 0.781. The molecule has 0 radical (unpaired) electrons. The van der Waals surface area contributed by atoms with E-state index in [2.05, 4.69) is 29.4 Å². The van der Waals surface area contributed by atoms with Gasteiger partial charge >= 0.3 is 0 Å². The number of aromatic nitrogens is 1. The van der Waals surface area contributed by atoms with Crippen molar-refractivity contribution in [2.45, 2.75) is 33.4 Å². The number of furan rings is 1. The van der Waals surface area contributed by atoms with Gasteiger partial charge in [0, 0.05) is 5.39 Å². The minimum atomic E-state index is 0.106. The lowest BCUT2D eigenvalue weighted by molar-refractivity contribution is 0.404. The lowest BCUT2D eigenvalue weighted by atomic mass is 10.2. The van der Waals surface area contributed by atoms with Crippen molar-refractivity contribution in [3.63, 3.8) is 0 Å². The summed E-state index contributed by atoms with van der Waals surface area (Å²) in [6.45, 7) is 6.53. The zero-order valence-corrected chi connectivity index (χ0v) is 11.9. The fourth-order valence-corrected chi connectivity index (χ4v) is 2.17. The first kappa shape index (κ1) is 12.9. The molecule has 0 spiro atoms. The average Bonchev–Trinajstić information content (AvgIpc) is 3.00. The highest BCUT2D eigenvalue weighted by Gasteiger charge is 2.12. The molecule has 4 heteroatoms. The normalized spacial score (nSPS) is 12.9. The van der Waals surface area contributed by atoms with Gasteiger partial charge in [-0.2, -0.15) is 0 Å². The first-order valence-electron chi connectivity index (χ1n) is 6.78. The highest BCUT2D eigenvalue weighted by Crippen LogP contribution is 2.23. The number of nitrogens with zero attached hydrogens (tertiary/aromatic N) is 1. The summed E-state index contributed by atoms with van der Waals surface area (Å²) < 4.78 is 11.4. The molecule has 1 aromatic carbocycles. The Hall–Kier alpha value is -2.07. The van der Waals surface area contributed by atoms with Crippen molar-refractivity contribution in [3.05, 3.63) is 53.4 Å². The number of para-hydroxylation sites is 1. The van der Waals surface area contributed by atoms with Gasteiger partial charge in [0.15, 0.2) is 0 Å². The zero-order valence-electron chi connectivity index (χ0n) is 11.9. The third-order valence-corrected chi connectivity index (χ3v) is 3.50. The number of hydrogen-bond donors (Lipinski definition) is 1. The van der Waals surface area contributed by atoms with Gasteiger partial charge in [0.05, 0.1) is 18.3 Å². The summed E-state index contributed by atoms with van der Waals surface area (Å²) in [5, 5.41) is 4.49. The molecule has 0 fully saturated rings. The largest absolute Gasteiger partial charge is 0.459 e. The summed E-state index contributed by atoms with van der Waals surface area (Å²) in [4.78, 5) is 4.36. The van der Waals surface area contributed by atoms with Gasteiger partial charge in [-0.25, -0.2) is 4.98 Å². The van der Waals surface area contributed by atoms with Crippen LogP contribution in [0.25, 0.3) is 11.0 Å². The molecule has 0 bridgehead atoms. The Morgan fingerprint density at radius 1 is 1.20 bits per heavy atom. The highest BCUT2D eigenvalue weighted by atomic mass is 16.4. The second kappa shape index (κ2) is 5.13. The summed E-state index contributed by atoms with van der Waals surface area (Å²) in [6.07, 6.45) is 0. The molecule has 104 valence electrons. The van der Waals surface area contributed by atoms with Crippen LogP contribution in [0.5, 0.6) is 0 Å². The van der Waals surface area contributed by atoms with Gasteiger partial charge in [-0.05, 0) is 32.9 Å². The van der Waals surface area contributed by atoms with Gasteiger partial charge in [-0.15, -0.1) is 0 Å². The number of oxazole rings is 1. The van der Waals surface area contributed by atoms with Crippen LogP contribution in [0.15, 0.2) is 39.2 Å². The van der Waals surface area contributed by atoms with Gasteiger partial charge in [0.1, 0.15) is 17.1 Å². The molecule has 2 heterocycles. The van der Waals surface area contributed by atoms with Crippen molar-refractivity contribution in [1.82, 2.24) is 10.3 Å². The molecule has 0 amide bonds. The molecular weight excluding hydrogens is 252 g/mol. The summed E-state index contributed by atoms with van der Waals surface area (Å²) >= 11 is 0. The van der Waals surface area contributed by atoms with Crippen molar-refractivity contribution in [3.8, 4) is 0 Å². The van der Waals surface area contributed by atoms with Crippen LogP contribution in [-0.4, -0.2) is 4.98 Å². The van der Waals surface area contributed by atoms with Crippen molar-refractivity contribution >= 4 is 11.0 Å². The van der Waals surface area contributed by atoms with Crippen molar-refractivity contribution in [1.29, 1.82) is 0 Å². The van der Waals surface area contributed by atoms with Gasteiger partial charge in [-0.1, -0.05) is 18.2 Å². The molecule has 0 aliphatic rings. The Labute approximate surface area is 117 Å². The average molecular weight is 270 g/mol. The number of benzene rings is 1. The maximum Gasteiger partial charge on any atom is 0.208 e. The van der Waals surface area contributed by atoms with E-state index in [4.69, 9.17) is 8.83 Å². The molecular formula is C16H18N2O2. The highest BCUT2D eigenvalue weighted by molar-refractivity contribution is 5.77. The third-order valence-electron chi connectivity index (χ3n) is 3.50. The SMILES string of the molecule is Cc1nc(CNC(C)c2cc3ccccc3o2)oc1C. The number of rotatable bonds is 4. The van der Waals surface area contributed by atoms with E-state index in [1.807, 2.05) is 32.0 Å². The zero-order chi connectivity index (χ0) is 14.1. The second-order valence-electron chi connectivity index (χ2n) is 5.04. The van der Waals surface area contributed by atoms with Crippen LogP contribution in [0.4, 0.5) is 0 Å². The van der Waals surface area contributed by atoms with E-state index in [-0.39, 0.29) is 6.04 Å². The van der Waals surface area contributed by atoms with E-state index in [9.17, 15) is 0 Å². The Kier molecular flexibility index (Phi) is 3.32. The van der Waals surface area contributed by atoms with Crippen LogP contribution in [0.2, 0.25) is 0 Å². The van der Waals surface area contributed by atoms with Crippen LogP contribution >= 0.6 is 0 Å². The molecule has 3 rings (SSSR count). The van der Waals surface area contributed by atoms with Gasteiger partial charge < -0.3 is 8.83 Å². The van der Waals surface area contributed by atoms with Crippen LogP contribution in [0, 0.1) is 13.8 Å². The topological polar surface area (TPSA) is 51.2 Å². The fraction of sp³-hybridized carbons (Fsp3) is 0.312. The minimum Gasteiger partial charge on any atom is -0.459 e. The standard InChI is InChI=1S/C16H18N2O2/c1-10-12(3)19-16(18-10)9-17-11(2)15-8-13-6-4-5-7-14(13)20-15/h4-8,11,17H,9H2,1-3H3. The van der Waals surface area contributed by atoms with E-state index in [0.717, 1.165) is 28.2 Å². The number of aryl methyl sites for hydroxylation is 2. The Morgan fingerprint density at radius 3 is 2.70 bits per heavy atom. The van der Waals surface area contributed by atoms with Gasteiger partial charge in [0.25, 0.3) is 0 Å². The van der Waals surface area contributed by atoms with E-state index in [1.165, 1.54) is 0 Å². The molecule has 0 saturated heterocycles. The molecule has 0 aliphatic heterocycles. The Balaban J connectivity index is 1.70.